The van der Waals surface area contributed by atoms with Crippen LogP contribution in [0.25, 0.3) is 0 Å². The van der Waals surface area contributed by atoms with Crippen molar-refractivity contribution < 1.29 is 0 Å². The molecule has 0 aliphatic rings. The zero-order valence-electron chi connectivity index (χ0n) is 10.4. The molecule has 0 atom stereocenters. The summed E-state index contributed by atoms with van der Waals surface area (Å²) in [4.78, 5) is 1.44. The van der Waals surface area contributed by atoms with Crippen molar-refractivity contribution in [1.82, 2.24) is 5.32 Å². The van der Waals surface area contributed by atoms with Crippen molar-refractivity contribution in [3.8, 4) is 0 Å². The number of aryl methyl sites for hydroxylation is 1. The lowest BCUT2D eigenvalue weighted by Crippen LogP contribution is -2.18. The van der Waals surface area contributed by atoms with Crippen LogP contribution in [-0.2, 0) is 12.8 Å². The van der Waals surface area contributed by atoms with Crippen LogP contribution in [0.4, 0.5) is 0 Å². The molecule has 0 aliphatic heterocycles. The maximum atomic E-state index is 3.50. The maximum absolute atomic E-state index is 3.50. The summed E-state index contributed by atoms with van der Waals surface area (Å²) in [6, 6.07) is 15.0. The number of rotatable bonds is 7. The second-order valence-corrected chi connectivity index (χ2v) is 6.84. The molecule has 2 aromatic rings. The van der Waals surface area contributed by atoms with Crippen LogP contribution in [0.15, 0.2) is 46.3 Å². The third kappa shape index (κ3) is 4.92. The van der Waals surface area contributed by atoms with E-state index in [9.17, 15) is 0 Å². The van der Waals surface area contributed by atoms with Gasteiger partial charge in [0.15, 0.2) is 0 Å². The Balaban J connectivity index is 1.54. The van der Waals surface area contributed by atoms with E-state index in [2.05, 4.69) is 63.7 Å². The molecule has 0 amide bonds. The summed E-state index contributed by atoms with van der Waals surface area (Å²) in [5.41, 5.74) is 1.43. The van der Waals surface area contributed by atoms with Crippen LogP contribution in [0.1, 0.15) is 16.9 Å². The van der Waals surface area contributed by atoms with Gasteiger partial charge >= 0.3 is 0 Å². The van der Waals surface area contributed by atoms with Crippen LogP contribution >= 0.6 is 27.3 Å². The molecular formula is C15H18BrNS. The Morgan fingerprint density at radius 3 is 2.50 bits per heavy atom. The highest BCUT2D eigenvalue weighted by atomic mass is 79.9. The standard InChI is InChI=1S/C15H18BrNS/c16-15-9-8-14(18-15)10-12-17-11-4-7-13-5-2-1-3-6-13/h1-3,5-6,8-9,17H,4,7,10-12H2. The molecule has 3 heteroatoms. The number of halogens is 1. The Morgan fingerprint density at radius 1 is 0.944 bits per heavy atom. The van der Waals surface area contributed by atoms with Gasteiger partial charge in [0.25, 0.3) is 0 Å². The van der Waals surface area contributed by atoms with Crippen LogP contribution in [0.5, 0.6) is 0 Å². The molecule has 1 aromatic heterocycles. The second kappa shape index (κ2) is 7.72. The van der Waals surface area contributed by atoms with E-state index in [0.29, 0.717) is 0 Å². The highest BCUT2D eigenvalue weighted by Crippen LogP contribution is 2.21. The largest absolute Gasteiger partial charge is 0.316 e. The van der Waals surface area contributed by atoms with Gasteiger partial charge in [-0.15, -0.1) is 11.3 Å². The Kier molecular flexibility index (Phi) is 5.91. The van der Waals surface area contributed by atoms with Crippen LogP contribution < -0.4 is 5.32 Å². The lowest BCUT2D eigenvalue weighted by molar-refractivity contribution is 0.650. The first-order valence-electron chi connectivity index (χ1n) is 6.33. The lowest BCUT2D eigenvalue weighted by atomic mass is 10.1. The third-order valence-corrected chi connectivity index (χ3v) is 4.52. The molecule has 1 N–H and O–H groups in total. The minimum absolute atomic E-state index is 1.07. The number of hydrogen-bond acceptors (Lipinski definition) is 2. The molecule has 0 spiro atoms. The van der Waals surface area contributed by atoms with E-state index in [0.717, 1.165) is 19.5 Å². The van der Waals surface area contributed by atoms with Crippen molar-refractivity contribution in [1.29, 1.82) is 0 Å². The van der Waals surface area contributed by atoms with E-state index in [4.69, 9.17) is 0 Å². The molecule has 0 radical (unpaired) electrons. The quantitative estimate of drug-likeness (QED) is 0.750. The first-order chi connectivity index (χ1) is 8.84. The van der Waals surface area contributed by atoms with Gasteiger partial charge in [-0.1, -0.05) is 30.3 Å². The van der Waals surface area contributed by atoms with Gasteiger partial charge < -0.3 is 5.32 Å². The number of thiophene rings is 1. The molecule has 1 heterocycles. The molecule has 1 aromatic carbocycles. The lowest BCUT2D eigenvalue weighted by Gasteiger charge is -2.04. The Hall–Kier alpha value is -0.640. The molecular weight excluding hydrogens is 306 g/mol. The monoisotopic (exact) mass is 323 g/mol. The van der Waals surface area contributed by atoms with Crippen molar-refractivity contribution in [3.63, 3.8) is 0 Å². The highest BCUT2D eigenvalue weighted by molar-refractivity contribution is 9.11. The summed E-state index contributed by atoms with van der Waals surface area (Å²) in [5, 5.41) is 3.50. The molecule has 0 aliphatic carbocycles. The molecule has 0 saturated carbocycles. The predicted octanol–water partition coefficient (Wildman–Crippen LogP) is 4.28. The van der Waals surface area contributed by atoms with Gasteiger partial charge in [0.05, 0.1) is 3.79 Å². The maximum Gasteiger partial charge on any atom is 0.0701 e. The summed E-state index contributed by atoms with van der Waals surface area (Å²) in [7, 11) is 0. The SMILES string of the molecule is Brc1ccc(CCNCCCc2ccccc2)s1. The zero-order valence-corrected chi connectivity index (χ0v) is 12.8. The minimum atomic E-state index is 1.07. The fraction of sp³-hybridized carbons (Fsp3) is 0.333. The highest BCUT2D eigenvalue weighted by Gasteiger charge is 1.97. The summed E-state index contributed by atoms with van der Waals surface area (Å²) < 4.78 is 1.22. The van der Waals surface area contributed by atoms with Gasteiger partial charge in [0, 0.05) is 4.88 Å². The summed E-state index contributed by atoms with van der Waals surface area (Å²) in [6.45, 7) is 2.17. The van der Waals surface area contributed by atoms with Crippen LogP contribution in [0.3, 0.4) is 0 Å². The summed E-state index contributed by atoms with van der Waals surface area (Å²) in [5.74, 6) is 0. The van der Waals surface area contributed by atoms with Crippen molar-refractivity contribution in [3.05, 3.63) is 56.7 Å². The van der Waals surface area contributed by atoms with E-state index in [-0.39, 0.29) is 0 Å². The fourth-order valence-electron chi connectivity index (χ4n) is 1.88. The van der Waals surface area contributed by atoms with Gasteiger partial charge in [0.2, 0.25) is 0 Å². The van der Waals surface area contributed by atoms with Crippen LogP contribution in [0, 0.1) is 0 Å². The van der Waals surface area contributed by atoms with Crippen molar-refractivity contribution in [2.75, 3.05) is 13.1 Å². The molecule has 18 heavy (non-hydrogen) atoms. The average Bonchev–Trinajstić information content (AvgIpc) is 2.81. The Morgan fingerprint density at radius 2 is 1.78 bits per heavy atom. The molecule has 0 unspecified atom stereocenters. The molecule has 0 bridgehead atoms. The van der Waals surface area contributed by atoms with Gasteiger partial charge in [0.1, 0.15) is 0 Å². The van der Waals surface area contributed by atoms with E-state index in [1.54, 1.807) is 0 Å². The molecule has 0 fully saturated rings. The third-order valence-electron chi connectivity index (χ3n) is 2.84. The van der Waals surface area contributed by atoms with Gasteiger partial charge in [-0.05, 0) is 66.0 Å². The fourth-order valence-corrected chi connectivity index (χ4v) is 3.37. The van der Waals surface area contributed by atoms with Gasteiger partial charge in [-0.25, -0.2) is 0 Å². The average molecular weight is 324 g/mol. The van der Waals surface area contributed by atoms with Gasteiger partial charge in [-0.3, -0.25) is 0 Å². The Labute approximate surface area is 121 Å². The van der Waals surface area contributed by atoms with Gasteiger partial charge in [-0.2, -0.15) is 0 Å². The predicted molar refractivity (Wildman–Crippen MR) is 83.4 cm³/mol. The molecule has 0 saturated heterocycles. The van der Waals surface area contributed by atoms with E-state index < -0.39 is 0 Å². The first kappa shape index (κ1) is 13.8. The zero-order chi connectivity index (χ0) is 12.6. The van der Waals surface area contributed by atoms with E-state index >= 15 is 0 Å². The first-order valence-corrected chi connectivity index (χ1v) is 7.94. The Bertz CT molecular complexity index is 453. The molecule has 1 nitrogen and oxygen atoms in total. The van der Waals surface area contributed by atoms with Crippen molar-refractivity contribution in [2.45, 2.75) is 19.3 Å². The number of benzene rings is 1. The second-order valence-electron chi connectivity index (χ2n) is 4.29. The van der Waals surface area contributed by atoms with E-state index in [1.165, 1.54) is 27.1 Å². The number of hydrogen-bond donors (Lipinski definition) is 1. The topological polar surface area (TPSA) is 12.0 Å². The smallest absolute Gasteiger partial charge is 0.0701 e. The molecule has 2 rings (SSSR count). The minimum Gasteiger partial charge on any atom is -0.316 e. The normalized spacial score (nSPS) is 10.7. The van der Waals surface area contributed by atoms with Crippen LogP contribution in [0.2, 0.25) is 0 Å². The number of nitrogens with one attached hydrogen (secondary N) is 1. The van der Waals surface area contributed by atoms with E-state index in [1.807, 2.05) is 11.3 Å². The molecule has 96 valence electrons. The van der Waals surface area contributed by atoms with Crippen molar-refractivity contribution >= 4 is 27.3 Å². The van der Waals surface area contributed by atoms with Crippen molar-refractivity contribution in [2.24, 2.45) is 0 Å². The van der Waals surface area contributed by atoms with Crippen LogP contribution in [-0.4, -0.2) is 13.1 Å². The summed E-state index contributed by atoms with van der Waals surface area (Å²) in [6.07, 6.45) is 3.50. The summed E-state index contributed by atoms with van der Waals surface area (Å²) >= 11 is 5.32.